The lowest BCUT2D eigenvalue weighted by molar-refractivity contribution is -0.112. The van der Waals surface area contributed by atoms with Crippen LogP contribution < -0.4 is 11.1 Å². The van der Waals surface area contributed by atoms with Gasteiger partial charge in [-0.15, -0.1) is 0 Å². The van der Waals surface area contributed by atoms with Crippen molar-refractivity contribution in [1.29, 1.82) is 0 Å². The molecule has 0 saturated carbocycles. The van der Waals surface area contributed by atoms with Gasteiger partial charge in [0.2, 0.25) is 11.9 Å². The first-order valence-electron chi connectivity index (χ1n) is 6.58. The average Bonchev–Trinajstić information content (AvgIpc) is 2.54. The molecule has 6 nitrogen and oxygen atoms in total. The molecule has 2 aromatic heterocycles. The summed E-state index contributed by atoms with van der Waals surface area (Å²) in [6, 6.07) is 13.0. The van der Waals surface area contributed by atoms with E-state index in [4.69, 9.17) is 5.73 Å². The second-order valence-electron chi connectivity index (χ2n) is 4.63. The number of amides is 1. The smallest absolute Gasteiger partial charge is 0.250 e. The van der Waals surface area contributed by atoms with Gasteiger partial charge in [0.25, 0.3) is 0 Å². The van der Waals surface area contributed by atoms with Gasteiger partial charge in [-0.3, -0.25) is 4.79 Å². The number of hydrogen-bond acceptors (Lipinski definition) is 5. The maximum atomic E-state index is 11.1. The van der Waals surface area contributed by atoms with Gasteiger partial charge in [-0.1, -0.05) is 24.8 Å². The van der Waals surface area contributed by atoms with Gasteiger partial charge in [0.15, 0.2) is 0 Å². The third kappa shape index (κ3) is 2.76. The molecule has 0 aliphatic heterocycles. The summed E-state index contributed by atoms with van der Waals surface area (Å²) in [4.78, 5) is 24.0. The van der Waals surface area contributed by atoms with Crippen molar-refractivity contribution in [3.05, 3.63) is 60.9 Å². The molecule has 22 heavy (non-hydrogen) atoms. The summed E-state index contributed by atoms with van der Waals surface area (Å²) in [5.74, 6) is -0.128. The minimum Gasteiger partial charge on any atom is -0.366 e. The number of rotatable bonds is 4. The van der Waals surface area contributed by atoms with E-state index in [9.17, 15) is 4.79 Å². The van der Waals surface area contributed by atoms with Crippen LogP contribution in [0.5, 0.6) is 0 Å². The van der Waals surface area contributed by atoms with Gasteiger partial charge in [0, 0.05) is 5.69 Å². The lowest BCUT2D eigenvalue weighted by Gasteiger charge is -2.06. The van der Waals surface area contributed by atoms with E-state index in [0.29, 0.717) is 22.7 Å². The first kappa shape index (κ1) is 13.7. The van der Waals surface area contributed by atoms with Crippen LogP contribution in [0.2, 0.25) is 0 Å². The summed E-state index contributed by atoms with van der Waals surface area (Å²) in [7, 11) is 0. The molecule has 0 aliphatic carbocycles. The summed E-state index contributed by atoms with van der Waals surface area (Å²) in [6.45, 7) is 3.61. The second kappa shape index (κ2) is 5.61. The predicted molar refractivity (Wildman–Crippen MR) is 85.3 cm³/mol. The van der Waals surface area contributed by atoms with Gasteiger partial charge >= 0.3 is 0 Å². The summed E-state index contributed by atoms with van der Waals surface area (Å²) in [5, 5.41) is 3.11. The van der Waals surface area contributed by atoms with Crippen LogP contribution in [-0.2, 0) is 4.79 Å². The van der Waals surface area contributed by atoms with Crippen molar-refractivity contribution in [3.63, 3.8) is 0 Å². The fraction of sp³-hybridized carbons (Fsp3) is 0. The van der Waals surface area contributed by atoms with E-state index in [0.717, 1.165) is 5.69 Å². The normalized spacial score (nSPS) is 10.4. The standard InChI is InChI=1S/C16H13N5O/c1-10(15(17)22)12-7-8-13-14(20-12)9-18-16(21-13)19-11-5-3-2-4-6-11/h2-9H,1H2,(H2,17,22)(H,18,19,21). The molecule has 0 bridgehead atoms. The molecule has 0 spiro atoms. The quantitative estimate of drug-likeness (QED) is 0.719. The van der Waals surface area contributed by atoms with Crippen molar-refractivity contribution < 1.29 is 4.79 Å². The molecule has 0 atom stereocenters. The van der Waals surface area contributed by atoms with Crippen LogP contribution in [0.1, 0.15) is 5.69 Å². The second-order valence-corrected chi connectivity index (χ2v) is 4.63. The molecule has 0 saturated heterocycles. The third-order valence-electron chi connectivity index (χ3n) is 3.07. The lowest BCUT2D eigenvalue weighted by Crippen LogP contribution is -2.12. The van der Waals surface area contributed by atoms with Crippen molar-refractivity contribution in [2.24, 2.45) is 5.73 Å². The first-order chi connectivity index (χ1) is 10.6. The Labute approximate surface area is 126 Å². The Bertz CT molecular complexity index is 861. The zero-order chi connectivity index (χ0) is 15.5. The summed E-state index contributed by atoms with van der Waals surface area (Å²) in [5.41, 5.74) is 7.91. The van der Waals surface area contributed by atoms with E-state index in [1.807, 2.05) is 30.3 Å². The van der Waals surface area contributed by atoms with E-state index >= 15 is 0 Å². The molecule has 1 aromatic carbocycles. The van der Waals surface area contributed by atoms with Crippen LogP contribution in [0.4, 0.5) is 11.6 Å². The summed E-state index contributed by atoms with van der Waals surface area (Å²) in [6.07, 6.45) is 1.59. The predicted octanol–water partition coefficient (Wildman–Crippen LogP) is 2.27. The molecule has 1 amide bonds. The van der Waals surface area contributed by atoms with Gasteiger partial charge in [0.1, 0.15) is 5.52 Å². The molecule has 0 aliphatic rings. The molecule has 2 heterocycles. The molecule has 0 fully saturated rings. The van der Waals surface area contributed by atoms with Crippen molar-refractivity contribution >= 4 is 34.1 Å². The Balaban J connectivity index is 1.93. The Morgan fingerprint density at radius 1 is 1.05 bits per heavy atom. The lowest BCUT2D eigenvalue weighted by atomic mass is 10.2. The molecular formula is C16H13N5O. The van der Waals surface area contributed by atoms with Crippen molar-refractivity contribution in [2.75, 3.05) is 5.32 Å². The molecular weight excluding hydrogens is 278 g/mol. The number of nitrogens with zero attached hydrogens (tertiary/aromatic N) is 3. The van der Waals surface area contributed by atoms with Gasteiger partial charge in [-0.2, -0.15) is 0 Å². The van der Waals surface area contributed by atoms with Crippen LogP contribution in [0, 0.1) is 0 Å². The number of para-hydroxylation sites is 1. The van der Waals surface area contributed by atoms with E-state index in [-0.39, 0.29) is 5.57 Å². The number of nitrogens with two attached hydrogens (primary N) is 1. The molecule has 3 rings (SSSR count). The Morgan fingerprint density at radius 3 is 2.55 bits per heavy atom. The van der Waals surface area contributed by atoms with Crippen molar-refractivity contribution in [1.82, 2.24) is 15.0 Å². The van der Waals surface area contributed by atoms with E-state index < -0.39 is 5.91 Å². The zero-order valence-electron chi connectivity index (χ0n) is 11.7. The highest BCUT2D eigenvalue weighted by atomic mass is 16.1. The minimum absolute atomic E-state index is 0.161. The van der Waals surface area contributed by atoms with Crippen molar-refractivity contribution in [2.45, 2.75) is 0 Å². The highest BCUT2D eigenvalue weighted by Gasteiger charge is 2.09. The highest BCUT2D eigenvalue weighted by molar-refractivity contribution is 6.17. The molecule has 3 aromatic rings. The van der Waals surface area contributed by atoms with Crippen LogP contribution in [0.25, 0.3) is 16.6 Å². The first-order valence-corrected chi connectivity index (χ1v) is 6.58. The molecule has 0 unspecified atom stereocenters. The Hall–Kier alpha value is -3.28. The van der Waals surface area contributed by atoms with E-state index in [2.05, 4.69) is 26.8 Å². The minimum atomic E-state index is -0.602. The zero-order valence-corrected chi connectivity index (χ0v) is 11.7. The maximum Gasteiger partial charge on any atom is 0.250 e. The van der Waals surface area contributed by atoms with Crippen LogP contribution in [-0.4, -0.2) is 20.9 Å². The van der Waals surface area contributed by atoms with Crippen LogP contribution in [0.15, 0.2) is 55.2 Å². The number of fused-ring (bicyclic) bond motifs is 1. The van der Waals surface area contributed by atoms with E-state index in [1.165, 1.54) is 0 Å². The van der Waals surface area contributed by atoms with Gasteiger partial charge in [-0.25, -0.2) is 15.0 Å². The number of pyridine rings is 1. The summed E-state index contributed by atoms with van der Waals surface area (Å²) < 4.78 is 0. The molecule has 6 heteroatoms. The highest BCUT2D eigenvalue weighted by Crippen LogP contribution is 2.17. The fourth-order valence-corrected chi connectivity index (χ4v) is 1.93. The third-order valence-corrected chi connectivity index (χ3v) is 3.07. The number of nitrogens with one attached hydrogen (secondary N) is 1. The molecule has 0 radical (unpaired) electrons. The van der Waals surface area contributed by atoms with Gasteiger partial charge in [-0.05, 0) is 24.3 Å². The van der Waals surface area contributed by atoms with Gasteiger partial charge in [0.05, 0.1) is 23.0 Å². The van der Waals surface area contributed by atoms with E-state index in [1.54, 1.807) is 18.3 Å². The Morgan fingerprint density at radius 2 is 1.82 bits per heavy atom. The summed E-state index contributed by atoms with van der Waals surface area (Å²) >= 11 is 0. The molecule has 108 valence electrons. The number of hydrogen-bond donors (Lipinski definition) is 2. The topological polar surface area (TPSA) is 93.8 Å². The largest absolute Gasteiger partial charge is 0.366 e. The van der Waals surface area contributed by atoms with Crippen LogP contribution >= 0.6 is 0 Å². The maximum absolute atomic E-state index is 11.1. The number of primary amides is 1. The molecule has 3 N–H and O–H groups in total. The monoisotopic (exact) mass is 291 g/mol. The number of benzene rings is 1. The van der Waals surface area contributed by atoms with Crippen molar-refractivity contribution in [3.8, 4) is 0 Å². The Kier molecular flexibility index (Phi) is 3.49. The van der Waals surface area contributed by atoms with Crippen LogP contribution in [0.3, 0.4) is 0 Å². The number of anilines is 2. The fourth-order valence-electron chi connectivity index (χ4n) is 1.93. The number of aromatic nitrogens is 3. The average molecular weight is 291 g/mol. The number of carbonyl (C=O) groups excluding carboxylic acids is 1. The SMILES string of the molecule is C=C(C(N)=O)c1ccc2nc(Nc3ccccc3)ncc2n1. The van der Waals surface area contributed by atoms with Gasteiger partial charge < -0.3 is 11.1 Å². The number of carbonyl (C=O) groups is 1.